The van der Waals surface area contributed by atoms with Gasteiger partial charge in [-0.05, 0) is 24.3 Å². The lowest BCUT2D eigenvalue weighted by Crippen LogP contribution is -1.96. The summed E-state index contributed by atoms with van der Waals surface area (Å²) in [5.41, 5.74) is 1.38. The maximum atomic E-state index is 13.6. The first kappa shape index (κ1) is 17.2. The topological polar surface area (TPSA) is 70.8 Å². The van der Waals surface area contributed by atoms with E-state index in [0.29, 0.717) is 38.6 Å². The van der Waals surface area contributed by atoms with E-state index in [2.05, 4.69) is 15.3 Å². The van der Waals surface area contributed by atoms with Crippen LogP contribution >= 0.6 is 11.3 Å². The maximum absolute atomic E-state index is 13.6. The second kappa shape index (κ2) is 6.84. The zero-order valence-electron chi connectivity index (χ0n) is 14.8. The number of hydrogen-bond acceptors (Lipinski definition) is 7. The Labute approximate surface area is 158 Å². The molecule has 0 atom stereocenters. The number of nitrogens with zero attached hydrogens (tertiary/aromatic N) is 4. The zero-order chi connectivity index (χ0) is 19.0. The first-order valence-corrected chi connectivity index (χ1v) is 8.74. The van der Waals surface area contributed by atoms with E-state index in [4.69, 9.17) is 14.2 Å². The van der Waals surface area contributed by atoms with E-state index in [0.717, 1.165) is 5.56 Å². The third kappa shape index (κ3) is 2.95. The lowest BCUT2D eigenvalue weighted by Gasteiger charge is -2.13. The molecule has 0 saturated heterocycles. The van der Waals surface area contributed by atoms with Crippen molar-refractivity contribution in [2.24, 2.45) is 0 Å². The Balaban J connectivity index is 1.84. The smallest absolute Gasteiger partial charge is 0.235 e. The van der Waals surface area contributed by atoms with Gasteiger partial charge in [0.2, 0.25) is 10.7 Å². The third-order valence-corrected chi connectivity index (χ3v) is 4.93. The molecule has 4 aromatic rings. The van der Waals surface area contributed by atoms with Gasteiger partial charge in [0.1, 0.15) is 10.8 Å². The molecule has 138 valence electrons. The number of rotatable bonds is 5. The molecule has 0 spiro atoms. The lowest BCUT2D eigenvalue weighted by atomic mass is 10.2. The molecule has 0 aliphatic rings. The minimum Gasteiger partial charge on any atom is -0.493 e. The van der Waals surface area contributed by atoms with E-state index in [1.807, 2.05) is 12.1 Å². The Hall–Kier alpha value is -3.20. The van der Waals surface area contributed by atoms with E-state index >= 15 is 0 Å². The minimum atomic E-state index is -0.343. The van der Waals surface area contributed by atoms with Gasteiger partial charge in [-0.15, -0.1) is 10.2 Å². The van der Waals surface area contributed by atoms with Gasteiger partial charge in [0.05, 0.1) is 21.3 Å². The zero-order valence-corrected chi connectivity index (χ0v) is 15.6. The molecule has 27 heavy (non-hydrogen) atoms. The van der Waals surface area contributed by atoms with E-state index in [1.54, 1.807) is 38.0 Å². The molecule has 0 radical (unpaired) electrons. The summed E-state index contributed by atoms with van der Waals surface area (Å²) >= 11 is 1.35. The fraction of sp³-hybridized carbons (Fsp3) is 0.167. The Morgan fingerprint density at radius 2 is 1.67 bits per heavy atom. The average Bonchev–Trinajstić information content (AvgIpc) is 3.27. The van der Waals surface area contributed by atoms with Crippen molar-refractivity contribution in [3.63, 3.8) is 0 Å². The number of methoxy groups -OCH3 is 3. The molecule has 2 heterocycles. The van der Waals surface area contributed by atoms with Gasteiger partial charge in [0.25, 0.3) is 0 Å². The van der Waals surface area contributed by atoms with Crippen molar-refractivity contribution in [3.8, 4) is 39.2 Å². The predicted octanol–water partition coefficient (Wildman–Crippen LogP) is 3.68. The molecular weight excluding hydrogens is 371 g/mol. The Kier molecular flexibility index (Phi) is 4.36. The van der Waals surface area contributed by atoms with Crippen LogP contribution in [-0.4, -0.2) is 41.1 Å². The van der Waals surface area contributed by atoms with Crippen LogP contribution in [0, 0.1) is 5.82 Å². The van der Waals surface area contributed by atoms with E-state index in [9.17, 15) is 4.39 Å². The lowest BCUT2D eigenvalue weighted by molar-refractivity contribution is 0.324. The SMILES string of the molecule is COc1cc(-c2nn3c(-c4cccc(F)c4)nnc3s2)cc(OC)c1OC. The van der Waals surface area contributed by atoms with Crippen LogP contribution in [0.3, 0.4) is 0 Å². The molecule has 0 unspecified atom stereocenters. The normalized spacial score (nSPS) is 11.0. The van der Waals surface area contributed by atoms with Gasteiger partial charge < -0.3 is 14.2 Å². The molecular formula is C18H15FN4O3S. The second-order valence-electron chi connectivity index (χ2n) is 5.55. The van der Waals surface area contributed by atoms with Crippen LogP contribution in [0.1, 0.15) is 0 Å². The summed E-state index contributed by atoms with van der Waals surface area (Å²) in [7, 11) is 4.66. The minimum absolute atomic E-state index is 0.343. The summed E-state index contributed by atoms with van der Waals surface area (Å²) in [6, 6.07) is 9.79. The molecule has 2 aromatic heterocycles. The van der Waals surface area contributed by atoms with Crippen molar-refractivity contribution >= 4 is 16.3 Å². The van der Waals surface area contributed by atoms with Crippen LogP contribution in [0.4, 0.5) is 4.39 Å². The second-order valence-corrected chi connectivity index (χ2v) is 6.51. The molecule has 0 aliphatic carbocycles. The van der Waals surface area contributed by atoms with Gasteiger partial charge in [0.15, 0.2) is 17.3 Å². The summed E-state index contributed by atoms with van der Waals surface area (Å²) in [5.74, 6) is 1.70. The van der Waals surface area contributed by atoms with E-state index in [1.165, 1.54) is 23.5 Å². The highest BCUT2D eigenvalue weighted by Crippen LogP contribution is 2.42. The van der Waals surface area contributed by atoms with Gasteiger partial charge >= 0.3 is 0 Å². The third-order valence-electron chi connectivity index (χ3n) is 3.99. The monoisotopic (exact) mass is 386 g/mol. The van der Waals surface area contributed by atoms with Crippen LogP contribution in [0.5, 0.6) is 17.2 Å². The maximum Gasteiger partial charge on any atom is 0.235 e. The number of aromatic nitrogens is 4. The number of hydrogen-bond donors (Lipinski definition) is 0. The molecule has 0 saturated carbocycles. The number of fused-ring (bicyclic) bond motifs is 1. The quantitative estimate of drug-likeness (QED) is 0.521. The van der Waals surface area contributed by atoms with Gasteiger partial charge in [-0.25, -0.2) is 4.39 Å². The number of ether oxygens (including phenoxy) is 3. The van der Waals surface area contributed by atoms with Crippen molar-refractivity contribution < 1.29 is 18.6 Å². The summed E-state index contributed by atoms with van der Waals surface area (Å²) in [5, 5.41) is 13.6. The Morgan fingerprint density at radius 3 is 2.30 bits per heavy atom. The van der Waals surface area contributed by atoms with Crippen LogP contribution in [0.25, 0.3) is 26.9 Å². The highest BCUT2D eigenvalue weighted by molar-refractivity contribution is 7.19. The standard InChI is InChI=1S/C18H15FN4O3S/c1-24-13-8-11(9-14(25-2)15(13)26-3)17-22-23-16(20-21-18(23)27-17)10-5-4-6-12(19)7-10/h4-9H,1-3H3. The Bertz CT molecular complexity index is 1100. The molecule has 0 bridgehead atoms. The average molecular weight is 386 g/mol. The molecule has 0 aliphatic heterocycles. The van der Waals surface area contributed by atoms with Crippen molar-refractivity contribution in [1.82, 2.24) is 19.8 Å². The highest BCUT2D eigenvalue weighted by Gasteiger charge is 2.19. The molecule has 2 aromatic carbocycles. The van der Waals surface area contributed by atoms with E-state index < -0.39 is 0 Å². The van der Waals surface area contributed by atoms with Crippen LogP contribution in [0.15, 0.2) is 36.4 Å². The summed E-state index contributed by atoms with van der Waals surface area (Å²) in [6.45, 7) is 0. The van der Waals surface area contributed by atoms with Crippen molar-refractivity contribution in [2.75, 3.05) is 21.3 Å². The molecule has 7 nitrogen and oxygen atoms in total. The predicted molar refractivity (Wildman–Crippen MR) is 99.1 cm³/mol. The van der Waals surface area contributed by atoms with E-state index in [-0.39, 0.29) is 5.82 Å². The van der Waals surface area contributed by atoms with Crippen LogP contribution in [0.2, 0.25) is 0 Å². The molecule has 0 N–H and O–H groups in total. The number of benzene rings is 2. The highest BCUT2D eigenvalue weighted by atomic mass is 32.1. The summed E-state index contributed by atoms with van der Waals surface area (Å²) < 4.78 is 31.3. The number of halogens is 1. The van der Waals surface area contributed by atoms with Crippen LogP contribution < -0.4 is 14.2 Å². The Morgan fingerprint density at radius 1 is 0.926 bits per heavy atom. The van der Waals surface area contributed by atoms with Gasteiger partial charge in [-0.3, -0.25) is 0 Å². The molecule has 9 heteroatoms. The molecule has 0 amide bonds. The van der Waals surface area contributed by atoms with Gasteiger partial charge in [-0.1, -0.05) is 23.5 Å². The van der Waals surface area contributed by atoms with Crippen LogP contribution in [-0.2, 0) is 0 Å². The largest absolute Gasteiger partial charge is 0.493 e. The van der Waals surface area contributed by atoms with Gasteiger partial charge in [0, 0.05) is 11.1 Å². The van der Waals surface area contributed by atoms with Crippen molar-refractivity contribution in [2.45, 2.75) is 0 Å². The van der Waals surface area contributed by atoms with Crippen molar-refractivity contribution in [1.29, 1.82) is 0 Å². The van der Waals surface area contributed by atoms with Gasteiger partial charge in [-0.2, -0.15) is 9.61 Å². The fourth-order valence-corrected chi connectivity index (χ4v) is 3.57. The molecule has 4 rings (SSSR count). The first-order chi connectivity index (χ1) is 13.1. The fourth-order valence-electron chi connectivity index (χ4n) is 2.75. The summed E-state index contributed by atoms with van der Waals surface area (Å²) in [4.78, 5) is 0.595. The summed E-state index contributed by atoms with van der Waals surface area (Å²) in [6.07, 6.45) is 0. The van der Waals surface area contributed by atoms with Crippen molar-refractivity contribution in [3.05, 3.63) is 42.2 Å². The molecule has 0 fully saturated rings. The first-order valence-electron chi connectivity index (χ1n) is 7.93.